The summed E-state index contributed by atoms with van der Waals surface area (Å²) in [7, 11) is 1.69. The molecule has 0 spiro atoms. The van der Waals surface area contributed by atoms with Crippen molar-refractivity contribution < 1.29 is 14.0 Å². The monoisotopic (exact) mass is 185 g/mol. The van der Waals surface area contributed by atoms with Gasteiger partial charge in [0.25, 0.3) is 0 Å². The van der Waals surface area contributed by atoms with Gasteiger partial charge in [0.1, 0.15) is 6.26 Å². The van der Waals surface area contributed by atoms with Gasteiger partial charge >= 0.3 is 0 Å². The van der Waals surface area contributed by atoms with Crippen LogP contribution in [0.2, 0.25) is 0 Å². The zero-order chi connectivity index (χ0) is 9.36. The van der Waals surface area contributed by atoms with Gasteiger partial charge in [0.15, 0.2) is 0 Å². The maximum absolute atomic E-state index is 5.35. The van der Waals surface area contributed by atoms with E-state index >= 15 is 0 Å². The van der Waals surface area contributed by atoms with Crippen LogP contribution in [-0.4, -0.2) is 32.1 Å². The molecule has 13 heavy (non-hydrogen) atoms. The first-order chi connectivity index (χ1) is 6.43. The Labute approximate surface area is 77.8 Å². The molecular weight excluding hydrogens is 170 g/mol. The van der Waals surface area contributed by atoms with Crippen LogP contribution in [0.5, 0.6) is 0 Å². The first kappa shape index (κ1) is 10.2. The van der Waals surface area contributed by atoms with Crippen LogP contribution in [0.25, 0.3) is 0 Å². The maximum Gasteiger partial charge on any atom is 0.124 e. The van der Waals surface area contributed by atoms with E-state index in [2.05, 4.69) is 9.68 Å². The zero-order valence-electron chi connectivity index (χ0n) is 7.86. The second-order valence-corrected chi connectivity index (χ2v) is 2.70. The van der Waals surface area contributed by atoms with Crippen LogP contribution in [0, 0.1) is 0 Å². The van der Waals surface area contributed by atoms with E-state index in [0.29, 0.717) is 6.61 Å². The third-order valence-electron chi connectivity index (χ3n) is 1.63. The van der Waals surface area contributed by atoms with Gasteiger partial charge in [-0.25, -0.2) is 0 Å². The molecule has 1 aromatic heterocycles. The van der Waals surface area contributed by atoms with E-state index in [1.807, 2.05) is 6.07 Å². The molecule has 4 heteroatoms. The summed E-state index contributed by atoms with van der Waals surface area (Å²) in [4.78, 5) is 0. The smallest absolute Gasteiger partial charge is 0.124 e. The molecule has 74 valence electrons. The summed E-state index contributed by atoms with van der Waals surface area (Å²) >= 11 is 0. The average Bonchev–Trinajstić information content (AvgIpc) is 2.63. The second-order valence-electron chi connectivity index (χ2n) is 2.70. The van der Waals surface area contributed by atoms with Gasteiger partial charge in [-0.05, 0) is 6.42 Å². The third-order valence-corrected chi connectivity index (χ3v) is 1.63. The molecule has 0 aliphatic heterocycles. The first-order valence-corrected chi connectivity index (χ1v) is 4.39. The molecule has 0 radical (unpaired) electrons. The molecule has 0 aliphatic rings. The van der Waals surface area contributed by atoms with Crippen LogP contribution in [0.3, 0.4) is 0 Å². The lowest BCUT2D eigenvalue weighted by atomic mass is 10.3. The molecular formula is C9H15NO3. The fourth-order valence-electron chi connectivity index (χ4n) is 0.951. The van der Waals surface area contributed by atoms with Gasteiger partial charge in [-0.1, -0.05) is 5.16 Å². The Bertz CT molecular complexity index is 199. The Balaban J connectivity index is 1.90. The number of hydrogen-bond donors (Lipinski definition) is 0. The molecule has 0 aliphatic carbocycles. The molecule has 4 nitrogen and oxygen atoms in total. The predicted molar refractivity (Wildman–Crippen MR) is 47.5 cm³/mol. The minimum absolute atomic E-state index is 0.691. The van der Waals surface area contributed by atoms with Gasteiger partial charge in [-0.15, -0.1) is 0 Å². The minimum Gasteiger partial charge on any atom is -0.385 e. The van der Waals surface area contributed by atoms with Crippen molar-refractivity contribution in [2.45, 2.75) is 12.8 Å². The number of ether oxygens (including phenoxy) is 2. The van der Waals surface area contributed by atoms with Crippen molar-refractivity contribution in [2.75, 3.05) is 26.9 Å². The molecule has 0 aromatic carbocycles. The zero-order valence-corrected chi connectivity index (χ0v) is 7.86. The highest BCUT2D eigenvalue weighted by atomic mass is 16.5. The first-order valence-electron chi connectivity index (χ1n) is 4.39. The molecule has 0 saturated heterocycles. The van der Waals surface area contributed by atoms with Crippen molar-refractivity contribution in [3.63, 3.8) is 0 Å². The number of hydrogen-bond acceptors (Lipinski definition) is 4. The lowest BCUT2D eigenvalue weighted by Crippen LogP contribution is -2.02. The third kappa shape index (κ3) is 4.65. The normalized spacial score (nSPS) is 10.5. The summed E-state index contributed by atoms with van der Waals surface area (Å²) in [6.45, 7) is 2.19. The van der Waals surface area contributed by atoms with Crippen molar-refractivity contribution in [3.05, 3.63) is 18.0 Å². The van der Waals surface area contributed by atoms with Crippen LogP contribution in [0.4, 0.5) is 0 Å². The molecule has 0 fully saturated rings. The summed E-state index contributed by atoms with van der Waals surface area (Å²) in [5, 5.41) is 3.77. The largest absolute Gasteiger partial charge is 0.385 e. The Morgan fingerprint density at radius 1 is 1.38 bits per heavy atom. The molecule has 0 saturated carbocycles. The highest BCUT2D eigenvalue weighted by molar-refractivity contribution is 4.94. The highest BCUT2D eigenvalue weighted by Gasteiger charge is 1.95. The maximum atomic E-state index is 5.35. The molecule has 1 rings (SSSR count). The summed E-state index contributed by atoms with van der Waals surface area (Å²) in [5.41, 5.74) is 0.937. The molecule has 0 bridgehead atoms. The lowest BCUT2D eigenvalue weighted by Gasteiger charge is -2.01. The number of nitrogens with zero attached hydrogens (tertiary/aromatic N) is 1. The summed E-state index contributed by atoms with van der Waals surface area (Å²) in [6.07, 6.45) is 3.32. The molecule has 1 heterocycles. The Morgan fingerprint density at radius 2 is 2.31 bits per heavy atom. The molecule has 0 atom stereocenters. The van der Waals surface area contributed by atoms with Gasteiger partial charge in [-0.2, -0.15) is 0 Å². The van der Waals surface area contributed by atoms with Crippen LogP contribution in [0.1, 0.15) is 12.1 Å². The Morgan fingerprint density at radius 3 is 3.00 bits per heavy atom. The van der Waals surface area contributed by atoms with E-state index in [0.717, 1.165) is 31.7 Å². The van der Waals surface area contributed by atoms with Crippen LogP contribution >= 0.6 is 0 Å². The van der Waals surface area contributed by atoms with Crippen molar-refractivity contribution in [2.24, 2.45) is 0 Å². The van der Waals surface area contributed by atoms with Crippen molar-refractivity contribution >= 4 is 0 Å². The van der Waals surface area contributed by atoms with Crippen LogP contribution in [0.15, 0.2) is 16.9 Å². The molecule has 1 aromatic rings. The number of aromatic nitrogens is 1. The average molecular weight is 185 g/mol. The summed E-state index contributed by atoms with van der Waals surface area (Å²) < 4.78 is 14.9. The fraction of sp³-hybridized carbons (Fsp3) is 0.667. The Kier molecular flexibility index (Phi) is 5.20. The molecule has 0 unspecified atom stereocenters. The van der Waals surface area contributed by atoms with Crippen molar-refractivity contribution in [3.8, 4) is 0 Å². The van der Waals surface area contributed by atoms with Crippen LogP contribution < -0.4 is 0 Å². The van der Waals surface area contributed by atoms with E-state index in [1.54, 1.807) is 13.4 Å². The van der Waals surface area contributed by atoms with Gasteiger partial charge in [0, 0.05) is 32.8 Å². The standard InChI is InChI=1S/C9H15NO3/c1-11-5-2-6-12-7-3-9-4-8-13-10-9/h4,8H,2-3,5-7H2,1H3. The lowest BCUT2D eigenvalue weighted by molar-refractivity contribution is 0.104. The van der Waals surface area contributed by atoms with E-state index in [9.17, 15) is 0 Å². The van der Waals surface area contributed by atoms with Gasteiger partial charge in [0.05, 0.1) is 12.3 Å². The van der Waals surface area contributed by atoms with Gasteiger partial charge in [0.2, 0.25) is 0 Å². The SMILES string of the molecule is COCCCOCCc1ccon1. The van der Waals surface area contributed by atoms with E-state index in [1.165, 1.54) is 0 Å². The van der Waals surface area contributed by atoms with E-state index in [-0.39, 0.29) is 0 Å². The second kappa shape index (κ2) is 6.62. The fourth-order valence-corrected chi connectivity index (χ4v) is 0.951. The summed E-state index contributed by atoms with van der Waals surface area (Å²) in [5.74, 6) is 0. The predicted octanol–water partition coefficient (Wildman–Crippen LogP) is 1.27. The summed E-state index contributed by atoms with van der Waals surface area (Å²) in [6, 6.07) is 1.85. The quantitative estimate of drug-likeness (QED) is 0.600. The number of methoxy groups -OCH3 is 1. The van der Waals surface area contributed by atoms with Crippen molar-refractivity contribution in [1.82, 2.24) is 5.16 Å². The van der Waals surface area contributed by atoms with Crippen LogP contribution in [-0.2, 0) is 15.9 Å². The van der Waals surface area contributed by atoms with E-state index in [4.69, 9.17) is 9.47 Å². The number of rotatable bonds is 7. The molecule has 0 amide bonds. The Hall–Kier alpha value is -0.870. The highest BCUT2D eigenvalue weighted by Crippen LogP contribution is 1.96. The van der Waals surface area contributed by atoms with Gasteiger partial charge < -0.3 is 14.0 Å². The molecule has 0 N–H and O–H groups in total. The van der Waals surface area contributed by atoms with Crippen molar-refractivity contribution in [1.29, 1.82) is 0 Å². The topological polar surface area (TPSA) is 44.5 Å². The van der Waals surface area contributed by atoms with E-state index < -0.39 is 0 Å². The minimum atomic E-state index is 0.691. The van der Waals surface area contributed by atoms with Gasteiger partial charge in [-0.3, -0.25) is 0 Å².